The number of esters is 2. The highest BCUT2D eigenvalue weighted by Gasteiger charge is 2.35. The second-order valence-electron chi connectivity index (χ2n) is 2.43. The predicted octanol–water partition coefficient (Wildman–Crippen LogP) is 0.279. The fourth-order valence-corrected chi connectivity index (χ4v) is 0.948. The van der Waals surface area contributed by atoms with E-state index in [9.17, 15) is 9.59 Å². The SMILES string of the molecule is C=C1C(=O)OCC1C(=O)OCC. The first-order valence-corrected chi connectivity index (χ1v) is 3.69. The van der Waals surface area contributed by atoms with Gasteiger partial charge in [-0.15, -0.1) is 0 Å². The van der Waals surface area contributed by atoms with Crippen molar-refractivity contribution in [3.05, 3.63) is 12.2 Å². The average Bonchev–Trinajstić information content (AvgIpc) is 2.34. The molecule has 66 valence electrons. The van der Waals surface area contributed by atoms with Gasteiger partial charge in [0, 0.05) is 5.57 Å². The summed E-state index contributed by atoms with van der Waals surface area (Å²) in [5, 5.41) is 0. The number of carbonyl (C=O) groups is 2. The summed E-state index contributed by atoms with van der Waals surface area (Å²) in [6.45, 7) is 5.52. The average molecular weight is 170 g/mol. The third-order valence-corrected chi connectivity index (χ3v) is 1.64. The van der Waals surface area contributed by atoms with Gasteiger partial charge in [0.15, 0.2) is 0 Å². The molecule has 0 bridgehead atoms. The maximum absolute atomic E-state index is 11.1. The van der Waals surface area contributed by atoms with Crippen molar-refractivity contribution in [1.29, 1.82) is 0 Å². The molecule has 0 aliphatic carbocycles. The topological polar surface area (TPSA) is 52.6 Å². The highest BCUT2D eigenvalue weighted by atomic mass is 16.6. The lowest BCUT2D eigenvalue weighted by atomic mass is 10.1. The summed E-state index contributed by atoms with van der Waals surface area (Å²) in [4.78, 5) is 21.8. The zero-order valence-corrected chi connectivity index (χ0v) is 6.83. The minimum atomic E-state index is -0.600. The maximum atomic E-state index is 11.1. The lowest BCUT2D eigenvalue weighted by molar-refractivity contribution is -0.146. The number of hydrogen-bond acceptors (Lipinski definition) is 4. The van der Waals surface area contributed by atoms with Gasteiger partial charge in [-0.25, -0.2) is 4.79 Å². The van der Waals surface area contributed by atoms with Crippen LogP contribution < -0.4 is 0 Å². The first-order valence-electron chi connectivity index (χ1n) is 3.69. The molecule has 1 heterocycles. The van der Waals surface area contributed by atoms with Crippen LogP contribution in [0.5, 0.6) is 0 Å². The molecular formula is C8H10O4. The van der Waals surface area contributed by atoms with Gasteiger partial charge in [-0.1, -0.05) is 6.58 Å². The summed E-state index contributed by atoms with van der Waals surface area (Å²) in [5.41, 5.74) is 0.188. The maximum Gasteiger partial charge on any atom is 0.334 e. The van der Waals surface area contributed by atoms with Crippen LogP contribution in [0.4, 0.5) is 0 Å². The molecule has 0 spiro atoms. The Morgan fingerprint density at radius 1 is 1.83 bits per heavy atom. The number of cyclic esters (lactones) is 1. The molecule has 4 nitrogen and oxygen atoms in total. The molecule has 1 aliphatic rings. The minimum Gasteiger partial charge on any atom is -0.465 e. The third-order valence-electron chi connectivity index (χ3n) is 1.64. The Morgan fingerprint density at radius 3 is 2.92 bits per heavy atom. The van der Waals surface area contributed by atoms with Crippen LogP contribution in [0.2, 0.25) is 0 Å². The summed E-state index contributed by atoms with van der Waals surface area (Å²) < 4.78 is 9.32. The molecule has 0 N–H and O–H groups in total. The second-order valence-corrected chi connectivity index (χ2v) is 2.43. The molecule has 0 amide bonds. The zero-order valence-electron chi connectivity index (χ0n) is 6.83. The number of ether oxygens (including phenoxy) is 2. The molecule has 1 unspecified atom stereocenters. The Kier molecular flexibility index (Phi) is 2.47. The number of carbonyl (C=O) groups excluding carboxylic acids is 2. The summed E-state index contributed by atoms with van der Waals surface area (Å²) in [7, 11) is 0. The van der Waals surface area contributed by atoms with E-state index in [1.807, 2.05) is 0 Å². The molecule has 0 aromatic heterocycles. The van der Waals surface area contributed by atoms with Crippen LogP contribution in [-0.4, -0.2) is 25.2 Å². The van der Waals surface area contributed by atoms with Crippen molar-refractivity contribution in [2.45, 2.75) is 6.92 Å². The molecule has 0 radical (unpaired) electrons. The van der Waals surface area contributed by atoms with Gasteiger partial charge in [-0.05, 0) is 6.92 Å². The lowest BCUT2D eigenvalue weighted by Gasteiger charge is -2.05. The fraction of sp³-hybridized carbons (Fsp3) is 0.500. The van der Waals surface area contributed by atoms with Crippen molar-refractivity contribution in [3.63, 3.8) is 0 Å². The van der Waals surface area contributed by atoms with Crippen LogP contribution >= 0.6 is 0 Å². The van der Waals surface area contributed by atoms with E-state index in [1.54, 1.807) is 6.92 Å². The van der Waals surface area contributed by atoms with E-state index >= 15 is 0 Å². The predicted molar refractivity (Wildman–Crippen MR) is 40.2 cm³/mol. The van der Waals surface area contributed by atoms with Gasteiger partial charge in [0.25, 0.3) is 0 Å². The first kappa shape index (κ1) is 8.77. The quantitative estimate of drug-likeness (QED) is 0.441. The zero-order chi connectivity index (χ0) is 9.14. The molecule has 1 fully saturated rings. The molecule has 1 rings (SSSR count). The molecule has 1 atom stereocenters. The highest BCUT2D eigenvalue weighted by Crippen LogP contribution is 2.20. The molecule has 0 saturated carbocycles. The van der Waals surface area contributed by atoms with E-state index in [1.165, 1.54) is 0 Å². The summed E-state index contributed by atoms with van der Waals surface area (Å²) in [6, 6.07) is 0. The van der Waals surface area contributed by atoms with Gasteiger partial charge in [0.1, 0.15) is 12.5 Å². The van der Waals surface area contributed by atoms with Crippen molar-refractivity contribution in [3.8, 4) is 0 Å². The summed E-state index contributed by atoms with van der Waals surface area (Å²) >= 11 is 0. The van der Waals surface area contributed by atoms with E-state index in [-0.39, 0.29) is 12.2 Å². The minimum absolute atomic E-state index is 0.0660. The van der Waals surface area contributed by atoms with Crippen LogP contribution in [0, 0.1) is 5.92 Å². The smallest absolute Gasteiger partial charge is 0.334 e. The molecular weight excluding hydrogens is 160 g/mol. The van der Waals surface area contributed by atoms with Crippen molar-refractivity contribution in [2.75, 3.05) is 13.2 Å². The largest absolute Gasteiger partial charge is 0.465 e. The van der Waals surface area contributed by atoms with Gasteiger partial charge < -0.3 is 9.47 Å². The van der Waals surface area contributed by atoms with Crippen molar-refractivity contribution < 1.29 is 19.1 Å². The Morgan fingerprint density at radius 2 is 2.50 bits per heavy atom. The van der Waals surface area contributed by atoms with E-state index in [0.717, 1.165) is 0 Å². The van der Waals surface area contributed by atoms with Gasteiger partial charge in [0.05, 0.1) is 6.61 Å². The van der Waals surface area contributed by atoms with Gasteiger partial charge in [-0.3, -0.25) is 4.79 Å². The Hall–Kier alpha value is -1.32. The first-order chi connectivity index (χ1) is 5.66. The molecule has 1 saturated heterocycles. The molecule has 4 heteroatoms. The van der Waals surface area contributed by atoms with E-state index in [0.29, 0.717) is 6.61 Å². The second kappa shape index (κ2) is 3.38. The fourth-order valence-electron chi connectivity index (χ4n) is 0.948. The van der Waals surface area contributed by atoms with E-state index < -0.39 is 17.9 Å². The van der Waals surface area contributed by atoms with Crippen LogP contribution in [0.1, 0.15) is 6.92 Å². The van der Waals surface area contributed by atoms with Gasteiger partial charge in [-0.2, -0.15) is 0 Å². The van der Waals surface area contributed by atoms with Crippen molar-refractivity contribution in [1.82, 2.24) is 0 Å². The molecule has 0 aromatic rings. The molecule has 12 heavy (non-hydrogen) atoms. The summed E-state index contributed by atoms with van der Waals surface area (Å²) in [6.07, 6.45) is 0. The van der Waals surface area contributed by atoms with Crippen LogP contribution in [0.15, 0.2) is 12.2 Å². The number of hydrogen-bond donors (Lipinski definition) is 0. The molecule has 0 aromatic carbocycles. The van der Waals surface area contributed by atoms with Crippen molar-refractivity contribution >= 4 is 11.9 Å². The monoisotopic (exact) mass is 170 g/mol. The van der Waals surface area contributed by atoms with Crippen LogP contribution in [0.25, 0.3) is 0 Å². The molecule has 1 aliphatic heterocycles. The Balaban J connectivity index is 2.59. The number of rotatable bonds is 2. The third kappa shape index (κ3) is 1.47. The normalized spacial score (nSPS) is 22.2. The Bertz CT molecular complexity index is 231. The van der Waals surface area contributed by atoms with E-state index in [2.05, 4.69) is 11.3 Å². The lowest BCUT2D eigenvalue weighted by Crippen LogP contribution is -2.19. The highest BCUT2D eigenvalue weighted by molar-refractivity contribution is 5.97. The standard InChI is InChI=1S/C8H10O4/c1-3-11-8(10)6-4-12-7(9)5(6)2/h6H,2-4H2,1H3. The summed E-state index contributed by atoms with van der Waals surface area (Å²) in [5.74, 6) is -1.54. The van der Waals surface area contributed by atoms with Gasteiger partial charge in [0.2, 0.25) is 0 Å². The van der Waals surface area contributed by atoms with Crippen LogP contribution in [0.3, 0.4) is 0 Å². The van der Waals surface area contributed by atoms with Gasteiger partial charge >= 0.3 is 11.9 Å². The Labute approximate surface area is 70.1 Å². The van der Waals surface area contributed by atoms with E-state index in [4.69, 9.17) is 4.74 Å². The van der Waals surface area contributed by atoms with Crippen LogP contribution in [-0.2, 0) is 19.1 Å². The van der Waals surface area contributed by atoms with Crippen molar-refractivity contribution in [2.24, 2.45) is 5.92 Å².